The fraction of sp³-hybridized carbons (Fsp3) is 0.875. The maximum Gasteiger partial charge on any atom is 0.214 e. The Balaban J connectivity index is 2.03. The van der Waals surface area contributed by atoms with Gasteiger partial charge in [0, 0.05) is 19.3 Å². The van der Waals surface area contributed by atoms with Gasteiger partial charge in [-0.05, 0) is 37.0 Å². The van der Waals surface area contributed by atoms with E-state index in [-0.39, 0.29) is 17.7 Å². The molecule has 132 valence electrons. The molecule has 0 aromatic carbocycles. The number of hydrogen-bond donors (Lipinski definition) is 0. The minimum atomic E-state index is -3.20. The van der Waals surface area contributed by atoms with Gasteiger partial charge in [-0.25, -0.2) is 17.4 Å². The highest BCUT2D eigenvalue weighted by Crippen LogP contribution is 2.27. The van der Waals surface area contributed by atoms with Crippen molar-refractivity contribution in [3.05, 3.63) is 12.4 Å². The molecule has 1 fully saturated rings. The van der Waals surface area contributed by atoms with Gasteiger partial charge < -0.3 is 0 Å². The van der Waals surface area contributed by atoms with Crippen molar-refractivity contribution in [2.75, 3.05) is 18.8 Å². The van der Waals surface area contributed by atoms with Crippen LogP contribution in [0.5, 0.6) is 0 Å². The molecule has 1 aromatic heterocycles. The lowest BCUT2D eigenvalue weighted by molar-refractivity contribution is 0.309. The first kappa shape index (κ1) is 18.4. The Morgan fingerprint density at radius 3 is 2.39 bits per heavy atom. The Hall–Kier alpha value is -0.950. The average Bonchev–Trinajstić information content (AvgIpc) is 2.88. The first-order valence-corrected chi connectivity index (χ1v) is 10.3. The van der Waals surface area contributed by atoms with E-state index in [0.29, 0.717) is 24.9 Å². The van der Waals surface area contributed by atoms with Crippen LogP contribution in [0.3, 0.4) is 0 Å². The Morgan fingerprint density at radius 1 is 1.13 bits per heavy atom. The number of hydrogen-bond acceptors (Lipinski definition) is 4. The highest BCUT2D eigenvalue weighted by molar-refractivity contribution is 7.89. The van der Waals surface area contributed by atoms with Crippen molar-refractivity contribution in [2.24, 2.45) is 17.8 Å². The summed E-state index contributed by atoms with van der Waals surface area (Å²) in [4.78, 5) is 0. The molecule has 2 rings (SSSR count). The maximum atomic E-state index is 12.8. The second kappa shape index (κ2) is 7.75. The molecule has 6 nitrogen and oxygen atoms in total. The second-order valence-corrected chi connectivity index (χ2v) is 9.31. The monoisotopic (exact) mass is 342 g/mol. The van der Waals surface area contributed by atoms with Crippen LogP contribution in [0.2, 0.25) is 0 Å². The van der Waals surface area contributed by atoms with Crippen molar-refractivity contribution in [3.63, 3.8) is 0 Å². The van der Waals surface area contributed by atoms with Crippen molar-refractivity contribution < 1.29 is 8.42 Å². The van der Waals surface area contributed by atoms with Crippen molar-refractivity contribution >= 4 is 10.0 Å². The van der Waals surface area contributed by atoms with Crippen LogP contribution < -0.4 is 0 Å². The molecule has 1 saturated heterocycles. The van der Waals surface area contributed by atoms with Gasteiger partial charge in [0.05, 0.1) is 18.0 Å². The average molecular weight is 343 g/mol. The van der Waals surface area contributed by atoms with E-state index >= 15 is 0 Å². The van der Waals surface area contributed by atoms with Crippen LogP contribution in [0, 0.1) is 17.8 Å². The molecule has 1 aromatic rings. The third-order valence-corrected chi connectivity index (χ3v) is 6.94. The van der Waals surface area contributed by atoms with Crippen molar-refractivity contribution in [1.82, 2.24) is 19.3 Å². The molecule has 0 bridgehead atoms. The van der Waals surface area contributed by atoms with Crippen LogP contribution in [0.25, 0.3) is 0 Å². The number of sulfonamides is 1. The van der Waals surface area contributed by atoms with Gasteiger partial charge in [-0.15, -0.1) is 5.10 Å². The van der Waals surface area contributed by atoms with Crippen molar-refractivity contribution in [1.29, 1.82) is 0 Å². The molecule has 0 saturated carbocycles. The molecule has 0 unspecified atom stereocenters. The first-order chi connectivity index (χ1) is 10.8. The van der Waals surface area contributed by atoms with Gasteiger partial charge in [-0.3, -0.25) is 0 Å². The van der Waals surface area contributed by atoms with E-state index in [2.05, 4.69) is 38.0 Å². The van der Waals surface area contributed by atoms with E-state index in [1.165, 1.54) is 0 Å². The fourth-order valence-corrected chi connectivity index (χ4v) is 5.77. The molecule has 1 aliphatic rings. The summed E-state index contributed by atoms with van der Waals surface area (Å²) in [6.07, 6.45) is 6.17. The summed E-state index contributed by atoms with van der Waals surface area (Å²) in [5.41, 5.74) is 0. The highest BCUT2D eigenvalue weighted by atomic mass is 32.2. The summed E-state index contributed by atoms with van der Waals surface area (Å²) in [5.74, 6) is 1.21. The Bertz CT molecular complexity index is 561. The number of rotatable bonds is 6. The van der Waals surface area contributed by atoms with Crippen LogP contribution >= 0.6 is 0 Å². The molecule has 2 heterocycles. The summed E-state index contributed by atoms with van der Waals surface area (Å²) in [7, 11) is -3.20. The quantitative estimate of drug-likeness (QED) is 0.797. The van der Waals surface area contributed by atoms with Gasteiger partial charge in [-0.2, -0.15) is 0 Å². The number of aromatic nitrogens is 3. The predicted octanol–water partition coefficient (Wildman–Crippen LogP) is 2.56. The lowest BCUT2D eigenvalue weighted by Crippen LogP contribution is -2.38. The Kier molecular flexibility index (Phi) is 6.19. The third kappa shape index (κ3) is 4.76. The molecule has 0 amide bonds. The maximum absolute atomic E-state index is 12.8. The summed E-state index contributed by atoms with van der Waals surface area (Å²) < 4.78 is 29.2. The summed E-state index contributed by atoms with van der Waals surface area (Å²) in [6.45, 7) is 9.66. The fourth-order valence-electron chi connectivity index (χ4n) is 3.51. The summed E-state index contributed by atoms with van der Waals surface area (Å²) in [6, 6.07) is 0.253. The predicted molar refractivity (Wildman–Crippen MR) is 91.4 cm³/mol. The van der Waals surface area contributed by atoms with Crippen molar-refractivity contribution in [3.8, 4) is 0 Å². The van der Waals surface area contributed by atoms with Gasteiger partial charge in [0.15, 0.2) is 0 Å². The largest absolute Gasteiger partial charge is 0.249 e. The molecule has 7 heteroatoms. The van der Waals surface area contributed by atoms with Gasteiger partial charge in [0.1, 0.15) is 0 Å². The molecule has 1 atom stereocenters. The zero-order chi connectivity index (χ0) is 17.0. The molecule has 0 spiro atoms. The minimum Gasteiger partial charge on any atom is -0.249 e. The zero-order valence-electron chi connectivity index (χ0n) is 14.7. The third-order valence-electron chi connectivity index (χ3n) is 4.98. The van der Waals surface area contributed by atoms with E-state index in [1.54, 1.807) is 10.5 Å². The molecule has 1 aliphatic heterocycles. The Morgan fingerprint density at radius 2 is 1.83 bits per heavy atom. The normalized spacial score (nSPS) is 21.3. The topological polar surface area (TPSA) is 68.1 Å². The number of nitrogens with zero attached hydrogens (tertiary/aromatic N) is 4. The van der Waals surface area contributed by atoms with E-state index in [1.807, 2.05) is 10.9 Å². The standard InChI is InChI=1S/C16H30N4O2S/c1-13(2)16(14(3)4)12-23(21,22)19-9-5-6-15(7-10-19)20-11-8-17-18-20/h8,11,13-16H,5-7,9-10,12H2,1-4H3/t15-/m0/s1. The lowest BCUT2D eigenvalue weighted by Gasteiger charge is -2.28. The highest BCUT2D eigenvalue weighted by Gasteiger charge is 2.31. The summed E-state index contributed by atoms with van der Waals surface area (Å²) in [5, 5.41) is 7.92. The van der Waals surface area contributed by atoms with Gasteiger partial charge >= 0.3 is 0 Å². The minimum absolute atomic E-state index is 0.203. The molecule has 0 aliphatic carbocycles. The van der Waals surface area contributed by atoms with Gasteiger partial charge in [-0.1, -0.05) is 32.9 Å². The molecule has 0 N–H and O–H groups in total. The second-order valence-electron chi connectivity index (χ2n) is 7.30. The zero-order valence-corrected chi connectivity index (χ0v) is 15.5. The van der Waals surface area contributed by atoms with E-state index in [9.17, 15) is 8.42 Å². The van der Waals surface area contributed by atoms with Gasteiger partial charge in [0.2, 0.25) is 10.0 Å². The van der Waals surface area contributed by atoms with Crippen LogP contribution in [0.15, 0.2) is 12.4 Å². The van der Waals surface area contributed by atoms with Crippen molar-refractivity contribution in [2.45, 2.75) is 53.0 Å². The molecule has 0 radical (unpaired) electrons. The lowest BCUT2D eigenvalue weighted by atomic mass is 9.87. The molecular weight excluding hydrogens is 312 g/mol. The van der Waals surface area contributed by atoms with Gasteiger partial charge in [0.25, 0.3) is 0 Å². The van der Waals surface area contributed by atoms with E-state index in [0.717, 1.165) is 19.3 Å². The first-order valence-electron chi connectivity index (χ1n) is 8.65. The molecular formula is C16H30N4O2S. The van der Waals surface area contributed by atoms with Crippen LogP contribution in [-0.4, -0.2) is 46.6 Å². The smallest absolute Gasteiger partial charge is 0.214 e. The van der Waals surface area contributed by atoms with Crippen LogP contribution in [0.1, 0.15) is 53.0 Å². The Labute approximate surface area is 140 Å². The van der Waals surface area contributed by atoms with E-state index < -0.39 is 10.0 Å². The van der Waals surface area contributed by atoms with E-state index in [4.69, 9.17) is 0 Å². The van der Waals surface area contributed by atoms with Crippen LogP contribution in [-0.2, 0) is 10.0 Å². The summed E-state index contributed by atoms with van der Waals surface area (Å²) >= 11 is 0. The SMILES string of the molecule is CC(C)C(CS(=O)(=O)N1CCC[C@H](n2ccnn2)CC1)C(C)C. The van der Waals surface area contributed by atoms with Crippen LogP contribution in [0.4, 0.5) is 0 Å². The molecule has 23 heavy (non-hydrogen) atoms.